The Bertz CT molecular complexity index is 1210. The number of ether oxygens (including phenoxy) is 2. The number of benzene rings is 2. The van der Waals surface area contributed by atoms with Gasteiger partial charge in [0.15, 0.2) is 11.5 Å². The minimum absolute atomic E-state index is 0.140. The molecule has 1 aliphatic rings. The fraction of sp³-hybridized carbons (Fsp3) is 0.250. The van der Waals surface area contributed by atoms with E-state index in [0.29, 0.717) is 36.1 Å². The number of sulfonamides is 1. The van der Waals surface area contributed by atoms with Crippen molar-refractivity contribution < 1.29 is 22.7 Å². The van der Waals surface area contributed by atoms with Gasteiger partial charge >= 0.3 is 0 Å². The maximum absolute atomic E-state index is 12.7. The number of nitrogens with one attached hydrogen (secondary N) is 1. The molecular weight excluding hydrogens is 442 g/mol. The van der Waals surface area contributed by atoms with E-state index in [0.717, 1.165) is 21.9 Å². The second-order valence-electron chi connectivity index (χ2n) is 7.51. The number of nitrogens with zero attached hydrogens (tertiary/aromatic N) is 2. The van der Waals surface area contributed by atoms with Crippen LogP contribution in [-0.4, -0.2) is 44.8 Å². The van der Waals surface area contributed by atoms with Crippen molar-refractivity contribution >= 4 is 27.3 Å². The first-order valence-corrected chi connectivity index (χ1v) is 12.2. The van der Waals surface area contributed by atoms with Gasteiger partial charge < -0.3 is 14.8 Å². The highest BCUT2D eigenvalue weighted by molar-refractivity contribution is 7.92. The molecule has 0 saturated carbocycles. The van der Waals surface area contributed by atoms with Gasteiger partial charge in [-0.15, -0.1) is 0 Å². The molecule has 0 aliphatic carbocycles. The van der Waals surface area contributed by atoms with Crippen LogP contribution in [0.2, 0.25) is 0 Å². The lowest BCUT2D eigenvalue weighted by molar-refractivity contribution is -0.114. The van der Waals surface area contributed by atoms with Gasteiger partial charge in [-0.25, -0.2) is 8.42 Å². The molecule has 4 rings (SSSR count). The first-order chi connectivity index (χ1) is 15.9. The lowest BCUT2D eigenvalue weighted by atomic mass is 10.1. The van der Waals surface area contributed by atoms with Crippen LogP contribution in [0.4, 0.5) is 11.4 Å². The standard InChI is InChI=1S/C24H25N3O5S/c1-2-33(29,30)27(21-7-8-22-23(16-21)32-14-13-31-22)17-24(28)26-20-5-3-18(4-6-20)15-19-9-11-25-12-10-19/h3-12,16H,2,13-15,17H2,1H3,(H,26,28). The van der Waals surface area contributed by atoms with E-state index in [1.165, 1.54) is 0 Å². The predicted molar refractivity (Wildman–Crippen MR) is 126 cm³/mol. The molecule has 1 amide bonds. The maximum Gasteiger partial charge on any atom is 0.245 e. The Morgan fingerprint density at radius 2 is 1.64 bits per heavy atom. The molecule has 172 valence electrons. The van der Waals surface area contributed by atoms with Crippen molar-refractivity contribution in [2.24, 2.45) is 0 Å². The fourth-order valence-electron chi connectivity index (χ4n) is 3.47. The van der Waals surface area contributed by atoms with Crippen molar-refractivity contribution in [2.75, 3.05) is 35.1 Å². The number of pyridine rings is 1. The van der Waals surface area contributed by atoms with Crippen molar-refractivity contribution in [1.29, 1.82) is 0 Å². The first kappa shape index (κ1) is 22.6. The summed E-state index contributed by atoms with van der Waals surface area (Å²) in [4.78, 5) is 16.8. The number of rotatable bonds is 8. The SMILES string of the molecule is CCS(=O)(=O)N(CC(=O)Nc1ccc(Cc2ccncc2)cc1)c1ccc2c(c1)OCCO2. The summed E-state index contributed by atoms with van der Waals surface area (Å²) in [5.74, 6) is 0.428. The molecule has 0 saturated heterocycles. The lowest BCUT2D eigenvalue weighted by Gasteiger charge is -2.25. The molecule has 8 nitrogen and oxygen atoms in total. The zero-order valence-electron chi connectivity index (χ0n) is 18.2. The van der Waals surface area contributed by atoms with Crippen molar-refractivity contribution in [1.82, 2.24) is 4.98 Å². The Balaban J connectivity index is 1.46. The molecule has 9 heteroatoms. The Hall–Kier alpha value is -3.59. The average Bonchev–Trinajstić information content (AvgIpc) is 2.84. The first-order valence-electron chi connectivity index (χ1n) is 10.6. The van der Waals surface area contributed by atoms with Gasteiger partial charge in [-0.05, 0) is 60.9 Å². The largest absolute Gasteiger partial charge is 0.486 e. The number of fused-ring (bicyclic) bond motifs is 1. The van der Waals surface area contributed by atoms with Gasteiger partial charge in [0.05, 0.1) is 11.4 Å². The Morgan fingerprint density at radius 3 is 2.33 bits per heavy atom. The van der Waals surface area contributed by atoms with Gasteiger partial charge in [-0.3, -0.25) is 14.1 Å². The Kier molecular flexibility index (Phi) is 6.79. The number of carbonyl (C=O) groups is 1. The normalized spacial score (nSPS) is 12.8. The molecule has 2 aromatic carbocycles. The Morgan fingerprint density at radius 1 is 0.970 bits per heavy atom. The number of hydrogen-bond donors (Lipinski definition) is 1. The van der Waals surface area contributed by atoms with Crippen molar-refractivity contribution in [3.05, 3.63) is 78.1 Å². The highest BCUT2D eigenvalue weighted by Crippen LogP contribution is 2.34. The van der Waals surface area contributed by atoms with Crippen LogP contribution in [0, 0.1) is 0 Å². The minimum atomic E-state index is -3.70. The van der Waals surface area contributed by atoms with Crippen LogP contribution in [0.25, 0.3) is 0 Å². The summed E-state index contributed by atoms with van der Waals surface area (Å²) < 4.78 is 37.6. The van der Waals surface area contributed by atoms with Crippen LogP contribution in [0.15, 0.2) is 67.0 Å². The van der Waals surface area contributed by atoms with Crippen molar-refractivity contribution in [3.63, 3.8) is 0 Å². The quantitative estimate of drug-likeness (QED) is 0.546. The van der Waals surface area contributed by atoms with Crippen LogP contribution < -0.4 is 19.1 Å². The summed E-state index contributed by atoms with van der Waals surface area (Å²) in [6.07, 6.45) is 4.26. The summed E-state index contributed by atoms with van der Waals surface area (Å²) in [6.45, 7) is 2.01. The van der Waals surface area contributed by atoms with Gasteiger partial charge in [0.25, 0.3) is 0 Å². The maximum atomic E-state index is 12.7. The summed E-state index contributed by atoms with van der Waals surface area (Å²) in [5.41, 5.74) is 3.17. The fourth-order valence-corrected chi connectivity index (χ4v) is 4.53. The summed E-state index contributed by atoms with van der Waals surface area (Å²) in [7, 11) is -3.70. The lowest BCUT2D eigenvalue weighted by Crippen LogP contribution is -2.39. The molecule has 3 aromatic rings. The van der Waals surface area contributed by atoms with E-state index in [9.17, 15) is 13.2 Å². The van der Waals surface area contributed by atoms with Gasteiger partial charge in [-0.1, -0.05) is 12.1 Å². The predicted octanol–water partition coefficient (Wildman–Crippen LogP) is 3.24. The number of aromatic nitrogens is 1. The molecule has 1 aromatic heterocycles. The number of carbonyl (C=O) groups excluding carboxylic acids is 1. The van der Waals surface area contributed by atoms with Gasteiger partial charge in [0.1, 0.15) is 19.8 Å². The van der Waals surface area contributed by atoms with E-state index < -0.39 is 15.9 Å². The van der Waals surface area contributed by atoms with E-state index in [1.54, 1.807) is 49.6 Å². The average molecular weight is 468 g/mol. The van der Waals surface area contributed by atoms with Crippen LogP contribution in [0.5, 0.6) is 11.5 Å². The zero-order valence-corrected chi connectivity index (χ0v) is 19.0. The summed E-state index contributed by atoms with van der Waals surface area (Å²) in [5, 5.41) is 2.78. The second kappa shape index (κ2) is 9.91. The third-order valence-electron chi connectivity index (χ3n) is 5.20. The molecule has 0 bridgehead atoms. The molecule has 1 aliphatic heterocycles. The molecule has 1 N–H and O–H groups in total. The molecule has 2 heterocycles. The van der Waals surface area contributed by atoms with E-state index in [2.05, 4.69) is 10.3 Å². The molecular formula is C24H25N3O5S. The van der Waals surface area contributed by atoms with Crippen LogP contribution in [-0.2, 0) is 21.2 Å². The number of hydrogen-bond acceptors (Lipinski definition) is 6. The number of anilines is 2. The van der Waals surface area contributed by atoms with E-state index in [-0.39, 0.29) is 12.3 Å². The smallest absolute Gasteiger partial charge is 0.245 e. The third kappa shape index (κ3) is 5.61. The van der Waals surface area contributed by atoms with E-state index in [1.807, 2.05) is 24.3 Å². The zero-order chi connectivity index (χ0) is 23.3. The van der Waals surface area contributed by atoms with Crippen molar-refractivity contribution in [3.8, 4) is 11.5 Å². The van der Waals surface area contributed by atoms with Gasteiger partial charge in [0, 0.05) is 24.1 Å². The molecule has 0 spiro atoms. The Labute approximate surface area is 193 Å². The van der Waals surface area contributed by atoms with Crippen LogP contribution in [0.1, 0.15) is 18.1 Å². The molecule has 0 radical (unpaired) electrons. The van der Waals surface area contributed by atoms with Crippen molar-refractivity contribution in [2.45, 2.75) is 13.3 Å². The monoisotopic (exact) mass is 467 g/mol. The number of amides is 1. The second-order valence-corrected chi connectivity index (χ2v) is 9.69. The van der Waals surface area contributed by atoms with Crippen LogP contribution in [0.3, 0.4) is 0 Å². The topological polar surface area (TPSA) is 97.8 Å². The molecule has 0 fully saturated rings. The molecule has 0 unspecified atom stereocenters. The van der Waals surface area contributed by atoms with Gasteiger partial charge in [0.2, 0.25) is 15.9 Å². The third-order valence-corrected chi connectivity index (χ3v) is 6.94. The van der Waals surface area contributed by atoms with E-state index in [4.69, 9.17) is 9.47 Å². The highest BCUT2D eigenvalue weighted by Gasteiger charge is 2.25. The van der Waals surface area contributed by atoms with Crippen LogP contribution >= 0.6 is 0 Å². The molecule has 33 heavy (non-hydrogen) atoms. The van der Waals surface area contributed by atoms with E-state index >= 15 is 0 Å². The molecule has 0 atom stereocenters. The summed E-state index contributed by atoms with van der Waals surface area (Å²) in [6, 6.07) is 16.2. The van der Waals surface area contributed by atoms with Gasteiger partial charge in [-0.2, -0.15) is 0 Å². The summed E-state index contributed by atoms with van der Waals surface area (Å²) >= 11 is 0. The minimum Gasteiger partial charge on any atom is -0.486 e. The highest BCUT2D eigenvalue weighted by atomic mass is 32.2.